The molecule has 19 heavy (non-hydrogen) atoms. The van der Waals surface area contributed by atoms with Crippen molar-refractivity contribution in [2.45, 2.75) is 25.4 Å². The highest BCUT2D eigenvalue weighted by molar-refractivity contribution is 7.80. The third kappa shape index (κ3) is 3.81. The molecule has 1 fully saturated rings. The van der Waals surface area contributed by atoms with Gasteiger partial charge in [0.15, 0.2) is 0 Å². The van der Waals surface area contributed by atoms with Crippen molar-refractivity contribution in [3.05, 3.63) is 23.8 Å². The Morgan fingerprint density at radius 3 is 3.05 bits per heavy atom. The van der Waals surface area contributed by atoms with Crippen molar-refractivity contribution in [2.75, 3.05) is 25.6 Å². The van der Waals surface area contributed by atoms with E-state index in [4.69, 9.17) is 27.4 Å². The first-order valence-electron chi connectivity index (χ1n) is 6.54. The number of nitrogens with two attached hydrogens (primary N) is 1. The largest absolute Gasteiger partial charge is 0.497 e. The van der Waals surface area contributed by atoms with E-state index in [-0.39, 0.29) is 0 Å². The minimum Gasteiger partial charge on any atom is -0.497 e. The average molecular weight is 280 g/mol. The van der Waals surface area contributed by atoms with Gasteiger partial charge < -0.3 is 20.5 Å². The van der Waals surface area contributed by atoms with Crippen LogP contribution in [-0.2, 0) is 4.74 Å². The van der Waals surface area contributed by atoms with Crippen LogP contribution in [0, 0.1) is 0 Å². The van der Waals surface area contributed by atoms with Crippen molar-refractivity contribution in [3.63, 3.8) is 0 Å². The van der Waals surface area contributed by atoms with Crippen molar-refractivity contribution in [3.8, 4) is 5.75 Å². The van der Waals surface area contributed by atoms with E-state index in [2.05, 4.69) is 5.32 Å². The maximum atomic E-state index is 5.73. The van der Waals surface area contributed by atoms with Crippen LogP contribution in [0.4, 0.5) is 5.69 Å². The molecule has 1 aromatic rings. The molecule has 0 spiro atoms. The Kier molecular flexibility index (Phi) is 4.99. The van der Waals surface area contributed by atoms with Gasteiger partial charge in [0.1, 0.15) is 10.7 Å². The predicted molar refractivity (Wildman–Crippen MR) is 81.0 cm³/mol. The molecular weight excluding hydrogens is 260 g/mol. The first-order chi connectivity index (χ1) is 9.20. The number of methoxy groups -OCH3 is 1. The molecule has 1 aromatic carbocycles. The van der Waals surface area contributed by atoms with Crippen molar-refractivity contribution in [2.24, 2.45) is 5.73 Å². The van der Waals surface area contributed by atoms with E-state index in [9.17, 15) is 0 Å². The number of rotatable bonds is 6. The Hall–Kier alpha value is -1.33. The van der Waals surface area contributed by atoms with E-state index in [0.717, 1.165) is 43.0 Å². The molecule has 3 N–H and O–H groups in total. The lowest BCUT2D eigenvalue weighted by molar-refractivity contribution is 0.107. The highest BCUT2D eigenvalue weighted by Gasteiger charge is 2.15. The highest BCUT2D eigenvalue weighted by atomic mass is 32.1. The molecule has 0 radical (unpaired) electrons. The quantitative estimate of drug-likeness (QED) is 0.783. The summed E-state index contributed by atoms with van der Waals surface area (Å²) in [6, 6.07) is 5.67. The Morgan fingerprint density at radius 1 is 1.58 bits per heavy atom. The smallest absolute Gasteiger partial charge is 0.120 e. The minimum absolute atomic E-state index is 0.381. The molecule has 0 amide bonds. The Labute approximate surface area is 119 Å². The van der Waals surface area contributed by atoms with Gasteiger partial charge in [0.2, 0.25) is 0 Å². The monoisotopic (exact) mass is 280 g/mol. The van der Waals surface area contributed by atoms with Crippen LogP contribution < -0.4 is 15.8 Å². The molecule has 4 nitrogen and oxygen atoms in total. The van der Waals surface area contributed by atoms with Gasteiger partial charge >= 0.3 is 0 Å². The van der Waals surface area contributed by atoms with Gasteiger partial charge in [0.25, 0.3) is 0 Å². The number of hydrogen-bond donors (Lipinski definition) is 2. The van der Waals surface area contributed by atoms with Crippen LogP contribution in [0.15, 0.2) is 18.2 Å². The zero-order chi connectivity index (χ0) is 13.7. The summed E-state index contributed by atoms with van der Waals surface area (Å²) in [4.78, 5) is 0.391. The number of hydrogen-bond acceptors (Lipinski definition) is 4. The molecule has 2 rings (SSSR count). The lowest BCUT2D eigenvalue weighted by Gasteiger charge is -2.14. The highest BCUT2D eigenvalue weighted by Crippen LogP contribution is 2.23. The molecule has 104 valence electrons. The second-order valence-electron chi connectivity index (χ2n) is 4.63. The van der Waals surface area contributed by atoms with Gasteiger partial charge in [0.05, 0.1) is 13.2 Å². The van der Waals surface area contributed by atoms with Crippen LogP contribution in [0.1, 0.15) is 24.8 Å². The first-order valence-corrected chi connectivity index (χ1v) is 6.95. The normalized spacial score (nSPS) is 18.3. The Morgan fingerprint density at radius 2 is 2.42 bits per heavy atom. The van der Waals surface area contributed by atoms with Crippen molar-refractivity contribution >= 4 is 22.9 Å². The van der Waals surface area contributed by atoms with Crippen LogP contribution >= 0.6 is 12.2 Å². The van der Waals surface area contributed by atoms with E-state index in [1.165, 1.54) is 6.42 Å². The summed E-state index contributed by atoms with van der Waals surface area (Å²) >= 11 is 5.06. The van der Waals surface area contributed by atoms with Crippen LogP contribution in [0.2, 0.25) is 0 Å². The molecule has 1 heterocycles. The van der Waals surface area contributed by atoms with Crippen LogP contribution in [0.25, 0.3) is 0 Å². The average Bonchev–Trinajstić information content (AvgIpc) is 2.91. The topological polar surface area (TPSA) is 56.5 Å². The molecule has 1 aliphatic heterocycles. The number of thiocarbonyl (C=S) groups is 1. The summed E-state index contributed by atoms with van der Waals surface area (Å²) in [6.07, 6.45) is 3.70. The van der Waals surface area contributed by atoms with E-state index in [0.29, 0.717) is 11.1 Å². The predicted octanol–water partition coefficient (Wildman–Crippen LogP) is 2.31. The van der Waals surface area contributed by atoms with Gasteiger partial charge in [-0.3, -0.25) is 0 Å². The van der Waals surface area contributed by atoms with Gasteiger partial charge in [-0.05, 0) is 31.4 Å². The fourth-order valence-corrected chi connectivity index (χ4v) is 2.43. The van der Waals surface area contributed by atoms with Crippen molar-refractivity contribution in [1.29, 1.82) is 0 Å². The van der Waals surface area contributed by atoms with Crippen molar-refractivity contribution < 1.29 is 9.47 Å². The fourth-order valence-electron chi connectivity index (χ4n) is 2.25. The van der Waals surface area contributed by atoms with Crippen LogP contribution in [-0.4, -0.2) is 31.4 Å². The lowest BCUT2D eigenvalue weighted by atomic mass is 10.1. The standard InChI is InChI=1S/C14H20N2O2S/c1-17-11-4-5-12(14(15)19)13(9-11)16-7-6-10-3-2-8-18-10/h4-5,9-10,16H,2-3,6-8H2,1H3,(H2,15,19). The Balaban J connectivity index is 1.98. The SMILES string of the molecule is COc1ccc(C(N)=S)c(NCCC2CCCO2)c1. The van der Waals surface area contributed by atoms with E-state index < -0.39 is 0 Å². The third-order valence-electron chi connectivity index (χ3n) is 3.30. The molecule has 1 atom stereocenters. The van der Waals surface area contributed by atoms with Gasteiger partial charge in [-0.1, -0.05) is 12.2 Å². The minimum atomic E-state index is 0.381. The number of nitrogens with one attached hydrogen (secondary N) is 1. The zero-order valence-corrected chi connectivity index (χ0v) is 12.0. The summed E-state index contributed by atoms with van der Waals surface area (Å²) < 4.78 is 10.8. The number of anilines is 1. The van der Waals surface area contributed by atoms with Crippen LogP contribution in [0.3, 0.4) is 0 Å². The molecule has 1 saturated heterocycles. The molecule has 0 aromatic heterocycles. The lowest BCUT2D eigenvalue weighted by Crippen LogP contribution is -2.16. The first kappa shape index (κ1) is 14.1. The summed E-state index contributed by atoms with van der Waals surface area (Å²) in [6.45, 7) is 1.73. The molecular formula is C14H20N2O2S. The fraction of sp³-hybridized carbons (Fsp3) is 0.500. The summed E-state index contributed by atoms with van der Waals surface area (Å²) in [7, 11) is 1.64. The maximum Gasteiger partial charge on any atom is 0.120 e. The summed E-state index contributed by atoms with van der Waals surface area (Å²) in [5.74, 6) is 0.791. The van der Waals surface area contributed by atoms with Gasteiger partial charge in [-0.15, -0.1) is 0 Å². The molecule has 1 unspecified atom stereocenters. The van der Waals surface area contributed by atoms with E-state index in [1.807, 2.05) is 18.2 Å². The number of ether oxygens (including phenoxy) is 2. The summed E-state index contributed by atoms with van der Waals surface area (Å²) in [5.41, 5.74) is 7.50. The van der Waals surface area contributed by atoms with Gasteiger partial charge in [-0.2, -0.15) is 0 Å². The van der Waals surface area contributed by atoms with E-state index in [1.54, 1.807) is 7.11 Å². The summed E-state index contributed by atoms with van der Waals surface area (Å²) in [5, 5.41) is 3.37. The van der Waals surface area contributed by atoms with Crippen LogP contribution in [0.5, 0.6) is 5.75 Å². The molecule has 0 aliphatic carbocycles. The molecule has 0 bridgehead atoms. The number of benzene rings is 1. The van der Waals surface area contributed by atoms with Gasteiger partial charge in [-0.25, -0.2) is 0 Å². The second kappa shape index (κ2) is 6.73. The maximum absolute atomic E-state index is 5.73. The molecule has 5 heteroatoms. The van der Waals surface area contributed by atoms with E-state index >= 15 is 0 Å². The van der Waals surface area contributed by atoms with Crippen molar-refractivity contribution in [1.82, 2.24) is 0 Å². The second-order valence-corrected chi connectivity index (χ2v) is 5.07. The zero-order valence-electron chi connectivity index (χ0n) is 11.1. The molecule has 0 saturated carbocycles. The molecule has 1 aliphatic rings. The Bertz CT molecular complexity index is 445. The van der Waals surface area contributed by atoms with Gasteiger partial charge in [0, 0.05) is 30.5 Å². The third-order valence-corrected chi connectivity index (χ3v) is 3.52.